The molecule has 0 saturated heterocycles. The van der Waals surface area contributed by atoms with Crippen molar-refractivity contribution in [3.8, 4) is 0 Å². The number of rotatable bonds is 12. The number of hydrogen-bond acceptors (Lipinski definition) is 0. The van der Waals surface area contributed by atoms with E-state index >= 15 is 0 Å². The Balaban J connectivity index is 2.73. The molecule has 122 valence electrons. The molecule has 0 aromatic heterocycles. The Bertz CT molecular complexity index is 449. The number of unbranched alkanes of at least 4 members (excludes halogenated alkanes) is 5. The summed E-state index contributed by atoms with van der Waals surface area (Å²) in [6.07, 6.45) is 14.4. The molecule has 0 spiro atoms. The van der Waals surface area contributed by atoms with Crippen LogP contribution in [-0.2, 0) is 11.3 Å². The second kappa shape index (κ2) is 10.7. The van der Waals surface area contributed by atoms with Crippen LogP contribution in [0, 0.1) is 0 Å². The first kappa shape index (κ1) is 19.0. The fourth-order valence-electron chi connectivity index (χ4n) is 3.05. The molecule has 22 heavy (non-hydrogen) atoms. The van der Waals surface area contributed by atoms with Gasteiger partial charge in [0.1, 0.15) is 0 Å². The third-order valence-electron chi connectivity index (χ3n) is 4.26. The van der Waals surface area contributed by atoms with E-state index in [9.17, 15) is 0 Å². The fourth-order valence-corrected chi connectivity index (χ4v) is 3.48. The molecular formula is C21H31Cl. The molecule has 0 fully saturated rings. The summed E-state index contributed by atoms with van der Waals surface area (Å²) in [5.41, 5.74) is 2.55. The van der Waals surface area contributed by atoms with Gasteiger partial charge in [-0.1, -0.05) is 81.9 Å². The van der Waals surface area contributed by atoms with Crippen molar-refractivity contribution in [3.63, 3.8) is 0 Å². The van der Waals surface area contributed by atoms with Gasteiger partial charge in [0.05, 0.1) is 4.87 Å². The average molecular weight is 319 g/mol. The normalized spacial score (nSPS) is 13.5. The van der Waals surface area contributed by atoms with Crippen molar-refractivity contribution in [1.29, 1.82) is 0 Å². The van der Waals surface area contributed by atoms with Crippen molar-refractivity contribution < 1.29 is 0 Å². The smallest absolute Gasteiger partial charge is 0.0731 e. The highest BCUT2D eigenvalue weighted by molar-refractivity contribution is 6.24. The van der Waals surface area contributed by atoms with Crippen LogP contribution in [0.4, 0.5) is 0 Å². The maximum absolute atomic E-state index is 7.04. The summed E-state index contributed by atoms with van der Waals surface area (Å²) >= 11 is 7.04. The second-order valence-electron chi connectivity index (χ2n) is 6.13. The van der Waals surface area contributed by atoms with Gasteiger partial charge in [-0.15, -0.1) is 24.8 Å². The molecule has 0 radical (unpaired) electrons. The number of benzene rings is 1. The Morgan fingerprint density at radius 3 is 2.36 bits per heavy atom. The van der Waals surface area contributed by atoms with Crippen molar-refractivity contribution in [3.05, 3.63) is 60.7 Å². The maximum atomic E-state index is 7.04. The Hall–Kier alpha value is -1.01. The third-order valence-corrected chi connectivity index (χ3v) is 4.81. The van der Waals surface area contributed by atoms with E-state index in [1.54, 1.807) is 0 Å². The summed E-state index contributed by atoms with van der Waals surface area (Å²) in [6, 6.07) is 8.51. The summed E-state index contributed by atoms with van der Waals surface area (Å²) in [6.45, 7) is 10.0. The van der Waals surface area contributed by atoms with Crippen LogP contribution in [0.15, 0.2) is 49.6 Å². The van der Waals surface area contributed by atoms with Crippen LogP contribution in [0.1, 0.15) is 69.4 Å². The highest BCUT2D eigenvalue weighted by Gasteiger charge is 2.29. The topological polar surface area (TPSA) is 0 Å². The SMILES string of the molecule is C=CCc1ccccc1C(Cl)(CC=C)CCCCCCCC. The molecule has 1 heteroatoms. The minimum absolute atomic E-state index is 0.313. The van der Waals surface area contributed by atoms with Crippen LogP contribution in [0.2, 0.25) is 0 Å². The van der Waals surface area contributed by atoms with E-state index in [1.165, 1.54) is 49.7 Å². The lowest BCUT2D eigenvalue weighted by Gasteiger charge is -2.29. The lowest BCUT2D eigenvalue weighted by molar-refractivity contribution is 0.499. The van der Waals surface area contributed by atoms with Gasteiger partial charge in [-0.2, -0.15) is 0 Å². The second-order valence-corrected chi connectivity index (χ2v) is 6.85. The summed E-state index contributed by atoms with van der Waals surface area (Å²) in [4.78, 5) is -0.313. The van der Waals surface area contributed by atoms with E-state index in [2.05, 4.69) is 44.3 Å². The molecule has 1 unspecified atom stereocenters. The minimum Gasteiger partial charge on any atom is -0.114 e. The zero-order valence-electron chi connectivity index (χ0n) is 14.1. The van der Waals surface area contributed by atoms with Crippen molar-refractivity contribution in [1.82, 2.24) is 0 Å². The zero-order valence-corrected chi connectivity index (χ0v) is 14.9. The molecule has 1 rings (SSSR count). The van der Waals surface area contributed by atoms with E-state index in [4.69, 9.17) is 11.6 Å². The molecule has 0 heterocycles. The molecule has 0 bridgehead atoms. The van der Waals surface area contributed by atoms with Gasteiger partial charge >= 0.3 is 0 Å². The van der Waals surface area contributed by atoms with Crippen molar-refractivity contribution >= 4 is 11.6 Å². The van der Waals surface area contributed by atoms with Gasteiger partial charge in [-0.05, 0) is 30.4 Å². The monoisotopic (exact) mass is 318 g/mol. The molecule has 1 atom stereocenters. The van der Waals surface area contributed by atoms with E-state index in [0.717, 1.165) is 19.3 Å². The Morgan fingerprint density at radius 2 is 1.68 bits per heavy atom. The predicted molar refractivity (Wildman–Crippen MR) is 101 cm³/mol. The molecule has 0 aliphatic carbocycles. The molecule has 0 aliphatic heterocycles. The largest absolute Gasteiger partial charge is 0.114 e. The van der Waals surface area contributed by atoms with Crippen LogP contribution in [0.25, 0.3) is 0 Å². The maximum Gasteiger partial charge on any atom is 0.0731 e. The van der Waals surface area contributed by atoms with Crippen LogP contribution in [0.3, 0.4) is 0 Å². The molecule has 0 N–H and O–H groups in total. The van der Waals surface area contributed by atoms with Gasteiger partial charge in [0.25, 0.3) is 0 Å². The van der Waals surface area contributed by atoms with Crippen molar-refractivity contribution in [2.24, 2.45) is 0 Å². The molecule has 1 aromatic carbocycles. The molecule has 0 aliphatic rings. The van der Waals surface area contributed by atoms with Crippen LogP contribution in [-0.4, -0.2) is 0 Å². The van der Waals surface area contributed by atoms with Gasteiger partial charge in [0, 0.05) is 0 Å². The standard InChI is InChI=1S/C21H31Cl/c1-4-7-8-9-10-13-18-21(22,17-6-3)20-16-12-11-15-19(20)14-5-2/h5-6,11-12,15-16H,2-4,7-10,13-14,17-18H2,1H3. The molecule has 0 amide bonds. The summed E-state index contributed by atoms with van der Waals surface area (Å²) < 4.78 is 0. The zero-order chi connectivity index (χ0) is 16.3. The highest BCUT2D eigenvalue weighted by Crippen LogP contribution is 2.40. The van der Waals surface area contributed by atoms with Gasteiger partial charge in [-0.25, -0.2) is 0 Å². The van der Waals surface area contributed by atoms with Gasteiger partial charge in [0.2, 0.25) is 0 Å². The fraction of sp³-hybridized carbons (Fsp3) is 0.524. The summed E-state index contributed by atoms with van der Waals surface area (Å²) in [5.74, 6) is 0. The highest BCUT2D eigenvalue weighted by atomic mass is 35.5. The van der Waals surface area contributed by atoms with Gasteiger partial charge < -0.3 is 0 Å². The average Bonchev–Trinajstić information content (AvgIpc) is 2.52. The Kier molecular flexibility index (Phi) is 9.24. The number of hydrogen-bond donors (Lipinski definition) is 0. The number of halogens is 1. The van der Waals surface area contributed by atoms with E-state index in [1.807, 2.05) is 12.2 Å². The van der Waals surface area contributed by atoms with Crippen molar-refractivity contribution in [2.45, 2.75) is 69.6 Å². The lowest BCUT2D eigenvalue weighted by Crippen LogP contribution is -2.20. The molecule has 0 nitrogen and oxygen atoms in total. The Morgan fingerprint density at radius 1 is 1.00 bits per heavy atom. The summed E-state index contributed by atoms with van der Waals surface area (Å²) in [5, 5.41) is 0. The third kappa shape index (κ3) is 6.01. The number of alkyl halides is 1. The van der Waals surface area contributed by atoms with Crippen LogP contribution in [0.5, 0.6) is 0 Å². The minimum atomic E-state index is -0.313. The van der Waals surface area contributed by atoms with E-state index in [-0.39, 0.29) is 4.87 Å². The van der Waals surface area contributed by atoms with Gasteiger partial charge in [-0.3, -0.25) is 0 Å². The number of allylic oxidation sites excluding steroid dienone is 2. The first-order valence-electron chi connectivity index (χ1n) is 8.67. The van der Waals surface area contributed by atoms with E-state index in [0.29, 0.717) is 0 Å². The first-order valence-corrected chi connectivity index (χ1v) is 9.05. The molecular weight excluding hydrogens is 288 g/mol. The molecule has 0 saturated carbocycles. The van der Waals surface area contributed by atoms with Crippen LogP contribution < -0.4 is 0 Å². The van der Waals surface area contributed by atoms with E-state index < -0.39 is 0 Å². The van der Waals surface area contributed by atoms with Crippen LogP contribution >= 0.6 is 11.6 Å². The predicted octanol–water partition coefficient (Wildman–Crippen LogP) is 7.18. The van der Waals surface area contributed by atoms with Gasteiger partial charge in [0.15, 0.2) is 0 Å². The lowest BCUT2D eigenvalue weighted by atomic mass is 9.85. The van der Waals surface area contributed by atoms with Crippen molar-refractivity contribution in [2.75, 3.05) is 0 Å². The quantitative estimate of drug-likeness (QED) is 0.217. The first-order chi connectivity index (χ1) is 10.7. The Labute approximate surface area is 142 Å². The molecule has 1 aromatic rings. The summed E-state index contributed by atoms with van der Waals surface area (Å²) in [7, 11) is 0.